The summed E-state index contributed by atoms with van der Waals surface area (Å²) in [6.07, 6.45) is 5.82. The predicted molar refractivity (Wildman–Crippen MR) is 82.7 cm³/mol. The summed E-state index contributed by atoms with van der Waals surface area (Å²) in [6, 6.07) is 2.11. The zero-order chi connectivity index (χ0) is 14.5. The van der Waals surface area contributed by atoms with E-state index < -0.39 is 0 Å². The van der Waals surface area contributed by atoms with Crippen molar-refractivity contribution in [3.63, 3.8) is 0 Å². The maximum absolute atomic E-state index is 11.8. The average Bonchev–Trinajstić information content (AvgIpc) is 2.64. The van der Waals surface area contributed by atoms with Crippen molar-refractivity contribution < 1.29 is 4.79 Å². The fourth-order valence-corrected chi connectivity index (χ4v) is 3.73. The first kappa shape index (κ1) is 15.8. The third kappa shape index (κ3) is 4.19. The van der Waals surface area contributed by atoms with Gasteiger partial charge in [-0.1, -0.05) is 20.8 Å². The highest BCUT2D eigenvalue weighted by molar-refractivity contribution is 5.76. The molecule has 2 heterocycles. The summed E-state index contributed by atoms with van der Waals surface area (Å²) in [5.41, 5.74) is 0. The molecule has 0 aromatic carbocycles. The van der Waals surface area contributed by atoms with Gasteiger partial charge in [-0.05, 0) is 38.1 Å². The molecule has 1 amide bonds. The van der Waals surface area contributed by atoms with Crippen LogP contribution in [0.25, 0.3) is 0 Å². The van der Waals surface area contributed by atoms with Crippen LogP contribution in [0.5, 0.6) is 0 Å². The first-order chi connectivity index (χ1) is 9.60. The number of hydrogen-bond donors (Lipinski definition) is 2. The molecule has 0 aliphatic carbocycles. The SMILES string of the molecule is CCNC1CC2CCC(C1)N2CCC(=O)NCC(C)C. The molecule has 4 nitrogen and oxygen atoms in total. The largest absolute Gasteiger partial charge is 0.356 e. The van der Waals surface area contributed by atoms with Crippen molar-refractivity contribution in [3.8, 4) is 0 Å². The number of fused-ring (bicyclic) bond motifs is 2. The summed E-state index contributed by atoms with van der Waals surface area (Å²) >= 11 is 0. The molecule has 0 radical (unpaired) electrons. The van der Waals surface area contributed by atoms with Gasteiger partial charge in [-0.2, -0.15) is 0 Å². The zero-order valence-electron chi connectivity index (χ0n) is 13.3. The lowest BCUT2D eigenvalue weighted by atomic mass is 9.97. The van der Waals surface area contributed by atoms with E-state index >= 15 is 0 Å². The molecular formula is C16H31N3O. The van der Waals surface area contributed by atoms with Crippen molar-refractivity contribution in [2.24, 2.45) is 5.92 Å². The summed E-state index contributed by atoms with van der Waals surface area (Å²) in [5, 5.41) is 6.62. The van der Waals surface area contributed by atoms with Gasteiger partial charge < -0.3 is 10.6 Å². The lowest BCUT2D eigenvalue weighted by Crippen LogP contribution is -2.49. The Bertz CT molecular complexity index is 305. The third-order valence-corrected chi connectivity index (χ3v) is 4.68. The highest BCUT2D eigenvalue weighted by Gasteiger charge is 2.40. The van der Waals surface area contributed by atoms with Crippen LogP contribution in [0.2, 0.25) is 0 Å². The van der Waals surface area contributed by atoms with Gasteiger partial charge in [0.05, 0.1) is 0 Å². The standard InChI is InChI=1S/C16H31N3O/c1-4-17-13-9-14-5-6-15(10-13)19(14)8-7-16(20)18-11-12(2)3/h12-15,17H,4-11H2,1-3H3,(H,18,20). The molecule has 2 bridgehead atoms. The molecule has 2 saturated heterocycles. The smallest absolute Gasteiger partial charge is 0.221 e. The maximum Gasteiger partial charge on any atom is 0.221 e. The Morgan fingerprint density at radius 1 is 1.25 bits per heavy atom. The average molecular weight is 281 g/mol. The summed E-state index contributed by atoms with van der Waals surface area (Å²) in [6.45, 7) is 9.26. The Morgan fingerprint density at radius 2 is 1.90 bits per heavy atom. The molecule has 116 valence electrons. The number of carbonyl (C=O) groups is 1. The predicted octanol–water partition coefficient (Wildman–Crippen LogP) is 1.75. The molecule has 0 aromatic rings. The van der Waals surface area contributed by atoms with E-state index in [1.807, 2.05) is 0 Å². The molecule has 2 N–H and O–H groups in total. The Morgan fingerprint density at radius 3 is 2.45 bits per heavy atom. The Labute approximate surface area is 123 Å². The van der Waals surface area contributed by atoms with E-state index in [1.54, 1.807) is 0 Å². The minimum Gasteiger partial charge on any atom is -0.356 e. The second kappa shape index (κ2) is 7.41. The van der Waals surface area contributed by atoms with Crippen LogP contribution >= 0.6 is 0 Å². The molecule has 0 spiro atoms. The van der Waals surface area contributed by atoms with Crippen LogP contribution in [0, 0.1) is 5.92 Å². The Kier molecular flexibility index (Phi) is 5.85. The van der Waals surface area contributed by atoms with Crippen LogP contribution < -0.4 is 10.6 Å². The second-order valence-electron chi connectivity index (χ2n) is 6.80. The molecule has 2 fully saturated rings. The van der Waals surface area contributed by atoms with Gasteiger partial charge in [0.15, 0.2) is 0 Å². The van der Waals surface area contributed by atoms with E-state index in [2.05, 4.69) is 36.3 Å². The van der Waals surface area contributed by atoms with Gasteiger partial charge in [0.25, 0.3) is 0 Å². The van der Waals surface area contributed by atoms with Crippen LogP contribution in [0.4, 0.5) is 0 Å². The van der Waals surface area contributed by atoms with Gasteiger partial charge in [0, 0.05) is 37.6 Å². The van der Waals surface area contributed by atoms with Gasteiger partial charge in [0.2, 0.25) is 5.91 Å². The van der Waals surface area contributed by atoms with Crippen LogP contribution in [-0.4, -0.2) is 48.6 Å². The van der Waals surface area contributed by atoms with Gasteiger partial charge in [-0.3, -0.25) is 9.69 Å². The minimum absolute atomic E-state index is 0.215. The van der Waals surface area contributed by atoms with Crippen molar-refractivity contribution in [3.05, 3.63) is 0 Å². The van der Waals surface area contributed by atoms with E-state index in [-0.39, 0.29) is 5.91 Å². The van der Waals surface area contributed by atoms with Gasteiger partial charge in [-0.25, -0.2) is 0 Å². The summed E-state index contributed by atoms with van der Waals surface area (Å²) in [4.78, 5) is 14.4. The Balaban J connectivity index is 1.73. The molecule has 2 rings (SSSR count). The summed E-state index contributed by atoms with van der Waals surface area (Å²) in [7, 11) is 0. The van der Waals surface area contributed by atoms with E-state index in [0.29, 0.717) is 30.5 Å². The fourth-order valence-electron chi connectivity index (χ4n) is 3.73. The number of rotatable bonds is 7. The number of piperidine rings is 1. The maximum atomic E-state index is 11.8. The summed E-state index contributed by atoms with van der Waals surface area (Å²) < 4.78 is 0. The van der Waals surface area contributed by atoms with Gasteiger partial charge >= 0.3 is 0 Å². The highest BCUT2D eigenvalue weighted by atomic mass is 16.1. The molecule has 2 aliphatic heterocycles. The van der Waals surface area contributed by atoms with Gasteiger partial charge in [0.1, 0.15) is 0 Å². The van der Waals surface area contributed by atoms with E-state index in [1.165, 1.54) is 25.7 Å². The van der Waals surface area contributed by atoms with Crippen molar-refractivity contribution in [2.45, 2.75) is 71.0 Å². The monoisotopic (exact) mass is 281 g/mol. The normalized spacial score (nSPS) is 29.9. The Hall–Kier alpha value is -0.610. The molecule has 2 atom stereocenters. The number of nitrogens with one attached hydrogen (secondary N) is 2. The van der Waals surface area contributed by atoms with Crippen molar-refractivity contribution in [1.82, 2.24) is 15.5 Å². The molecular weight excluding hydrogens is 250 g/mol. The first-order valence-corrected chi connectivity index (χ1v) is 8.36. The number of hydrogen-bond acceptors (Lipinski definition) is 3. The summed E-state index contributed by atoms with van der Waals surface area (Å²) in [5.74, 6) is 0.748. The topological polar surface area (TPSA) is 44.4 Å². The lowest BCUT2D eigenvalue weighted by molar-refractivity contribution is -0.121. The molecule has 2 aliphatic rings. The molecule has 4 heteroatoms. The number of amides is 1. The van der Waals surface area contributed by atoms with Crippen molar-refractivity contribution in [1.29, 1.82) is 0 Å². The molecule has 0 aromatic heterocycles. The zero-order valence-corrected chi connectivity index (χ0v) is 13.3. The van der Waals surface area contributed by atoms with E-state index in [4.69, 9.17) is 0 Å². The third-order valence-electron chi connectivity index (χ3n) is 4.68. The fraction of sp³-hybridized carbons (Fsp3) is 0.938. The minimum atomic E-state index is 0.215. The van der Waals surface area contributed by atoms with Crippen LogP contribution in [0.3, 0.4) is 0 Å². The van der Waals surface area contributed by atoms with E-state index in [0.717, 1.165) is 19.6 Å². The quantitative estimate of drug-likeness (QED) is 0.747. The van der Waals surface area contributed by atoms with Gasteiger partial charge in [-0.15, -0.1) is 0 Å². The first-order valence-electron chi connectivity index (χ1n) is 8.36. The highest BCUT2D eigenvalue weighted by Crippen LogP contribution is 2.35. The number of carbonyl (C=O) groups excluding carboxylic acids is 1. The van der Waals surface area contributed by atoms with Crippen LogP contribution in [0.1, 0.15) is 52.9 Å². The molecule has 20 heavy (non-hydrogen) atoms. The second-order valence-corrected chi connectivity index (χ2v) is 6.80. The van der Waals surface area contributed by atoms with Crippen LogP contribution in [-0.2, 0) is 4.79 Å². The van der Waals surface area contributed by atoms with Crippen LogP contribution in [0.15, 0.2) is 0 Å². The van der Waals surface area contributed by atoms with E-state index in [9.17, 15) is 4.79 Å². The molecule has 0 saturated carbocycles. The molecule has 2 unspecified atom stereocenters. The van der Waals surface area contributed by atoms with Crippen molar-refractivity contribution in [2.75, 3.05) is 19.6 Å². The lowest BCUT2D eigenvalue weighted by Gasteiger charge is -2.39. The van der Waals surface area contributed by atoms with Crippen molar-refractivity contribution >= 4 is 5.91 Å². The number of nitrogens with zero attached hydrogens (tertiary/aromatic N) is 1.